The molecule has 0 aliphatic rings. The molecule has 0 saturated carbocycles. The number of hydrogen-bond acceptors (Lipinski definition) is 8. The van der Waals surface area contributed by atoms with Gasteiger partial charge in [0.05, 0.1) is 17.7 Å². The number of furan rings is 1. The summed E-state index contributed by atoms with van der Waals surface area (Å²) in [5, 5.41) is 17.4. The minimum absolute atomic E-state index is 0.0523. The number of benzene rings is 1. The number of carbonyl (C=O) groups is 2. The number of thioether (sulfide) groups is 1. The van der Waals surface area contributed by atoms with Crippen LogP contribution in [0.3, 0.4) is 0 Å². The Bertz CT molecular complexity index is 1090. The van der Waals surface area contributed by atoms with E-state index >= 15 is 0 Å². The van der Waals surface area contributed by atoms with Gasteiger partial charge in [-0.15, -0.1) is 10.2 Å². The summed E-state index contributed by atoms with van der Waals surface area (Å²) in [4.78, 5) is 23.3. The van der Waals surface area contributed by atoms with Crippen LogP contribution in [0.4, 0.5) is 0 Å². The quantitative estimate of drug-likeness (QED) is 0.324. The van der Waals surface area contributed by atoms with Gasteiger partial charge in [-0.2, -0.15) is 0 Å². The summed E-state index contributed by atoms with van der Waals surface area (Å²) in [7, 11) is 1.26. The Kier molecular flexibility index (Phi) is 6.40. The van der Waals surface area contributed by atoms with Crippen LogP contribution in [-0.4, -0.2) is 34.4 Å². The molecule has 0 unspecified atom stereocenters. The maximum absolute atomic E-state index is 11.8. The highest BCUT2D eigenvalue weighted by molar-refractivity contribution is 8.03. The number of rotatable bonds is 7. The number of methoxy groups -OCH3 is 1. The van der Waals surface area contributed by atoms with Crippen molar-refractivity contribution in [2.45, 2.75) is 18.6 Å². The smallest absolute Gasteiger partial charge is 0.342 e. The van der Waals surface area contributed by atoms with E-state index in [1.165, 1.54) is 19.3 Å². The van der Waals surface area contributed by atoms with Crippen LogP contribution >= 0.6 is 23.4 Å². The first-order valence-electron chi connectivity index (χ1n) is 8.34. The van der Waals surface area contributed by atoms with Gasteiger partial charge in [0.15, 0.2) is 0 Å². The Morgan fingerprint density at radius 1 is 1.24 bits per heavy atom. The molecule has 0 spiro atoms. The van der Waals surface area contributed by atoms with Gasteiger partial charge in [-0.25, -0.2) is 9.59 Å². The topological polar surface area (TPSA) is 116 Å². The average Bonchev–Trinajstić information content (AvgIpc) is 3.36. The molecule has 0 aliphatic heterocycles. The normalized spacial score (nSPS) is 11.5. The lowest BCUT2D eigenvalue weighted by molar-refractivity contribution is -0.131. The van der Waals surface area contributed by atoms with Gasteiger partial charge in [0.1, 0.15) is 16.4 Å². The van der Waals surface area contributed by atoms with Crippen molar-refractivity contribution < 1.29 is 28.3 Å². The van der Waals surface area contributed by atoms with Crippen LogP contribution in [0.2, 0.25) is 5.02 Å². The van der Waals surface area contributed by atoms with E-state index in [-0.39, 0.29) is 20.7 Å². The number of aryl methyl sites for hydroxylation is 1. The van der Waals surface area contributed by atoms with E-state index in [9.17, 15) is 14.7 Å². The van der Waals surface area contributed by atoms with E-state index in [2.05, 4.69) is 10.2 Å². The van der Waals surface area contributed by atoms with Crippen LogP contribution in [0.5, 0.6) is 0 Å². The predicted octanol–water partition coefficient (Wildman–Crippen LogP) is 4.55. The van der Waals surface area contributed by atoms with Gasteiger partial charge in [-0.1, -0.05) is 18.5 Å². The molecule has 29 heavy (non-hydrogen) atoms. The molecule has 2 aromatic heterocycles. The van der Waals surface area contributed by atoms with E-state index in [0.717, 1.165) is 11.8 Å². The van der Waals surface area contributed by atoms with E-state index in [0.29, 0.717) is 29.4 Å². The SMILES string of the molecule is CCc1nnc(S/C(=C\c2ccc(-c3ccc(Cl)c(C(=O)OC)c3)o2)C(=O)O)o1. The lowest BCUT2D eigenvalue weighted by atomic mass is 10.1. The number of carbonyl (C=O) groups excluding carboxylic acids is 1. The Labute approximate surface area is 174 Å². The fraction of sp³-hybridized carbons (Fsp3) is 0.158. The minimum atomic E-state index is -1.16. The number of aliphatic carboxylic acids is 1. The Balaban J connectivity index is 1.87. The highest BCUT2D eigenvalue weighted by Crippen LogP contribution is 2.31. The molecule has 8 nitrogen and oxygen atoms in total. The van der Waals surface area contributed by atoms with Crippen molar-refractivity contribution in [1.29, 1.82) is 0 Å². The van der Waals surface area contributed by atoms with Gasteiger partial charge >= 0.3 is 11.9 Å². The molecular formula is C19H15ClN2O6S. The number of aromatic nitrogens is 2. The first kappa shape index (κ1) is 20.7. The zero-order valence-corrected chi connectivity index (χ0v) is 16.9. The van der Waals surface area contributed by atoms with Crippen molar-refractivity contribution in [3.8, 4) is 11.3 Å². The highest BCUT2D eigenvalue weighted by Gasteiger charge is 2.17. The maximum Gasteiger partial charge on any atom is 0.342 e. The molecule has 0 fully saturated rings. The number of halogens is 1. The molecule has 0 radical (unpaired) electrons. The Hall–Kier alpha value is -3.04. The zero-order valence-electron chi connectivity index (χ0n) is 15.3. The van der Waals surface area contributed by atoms with Crippen molar-refractivity contribution in [3.63, 3.8) is 0 Å². The standard InChI is InChI=1S/C19H15ClN2O6S/c1-3-16-21-22-19(28-16)29-15(17(23)24)9-11-5-7-14(27-11)10-4-6-13(20)12(8-10)18(25)26-2/h4-9H,3H2,1-2H3,(H,23,24)/b15-9-. The van der Waals surface area contributed by atoms with E-state index < -0.39 is 11.9 Å². The first-order chi connectivity index (χ1) is 13.9. The summed E-state index contributed by atoms with van der Waals surface area (Å²) in [5.41, 5.74) is 0.786. The van der Waals surface area contributed by atoms with E-state index in [1.54, 1.807) is 24.3 Å². The van der Waals surface area contributed by atoms with E-state index in [1.807, 2.05) is 6.92 Å². The largest absolute Gasteiger partial charge is 0.477 e. The molecule has 150 valence electrons. The number of ether oxygens (including phenoxy) is 1. The lowest BCUT2D eigenvalue weighted by Crippen LogP contribution is -2.02. The molecule has 0 atom stereocenters. The van der Waals surface area contributed by atoms with Crippen LogP contribution in [-0.2, 0) is 16.0 Å². The van der Waals surface area contributed by atoms with Gasteiger partial charge < -0.3 is 18.7 Å². The molecule has 1 N–H and O–H groups in total. The molecular weight excluding hydrogens is 420 g/mol. The minimum Gasteiger partial charge on any atom is -0.477 e. The molecule has 0 bridgehead atoms. The number of carboxylic acids is 1. The summed E-state index contributed by atoms with van der Waals surface area (Å²) >= 11 is 6.85. The predicted molar refractivity (Wildman–Crippen MR) is 106 cm³/mol. The highest BCUT2D eigenvalue weighted by atomic mass is 35.5. The molecule has 3 aromatic rings. The van der Waals surface area contributed by atoms with Crippen LogP contribution in [0.1, 0.15) is 28.9 Å². The van der Waals surface area contributed by atoms with Crippen molar-refractivity contribution in [2.75, 3.05) is 7.11 Å². The van der Waals surface area contributed by atoms with E-state index in [4.69, 9.17) is 25.2 Å². The summed E-state index contributed by atoms with van der Waals surface area (Å²) in [6.07, 6.45) is 1.90. The van der Waals surface area contributed by atoms with Gasteiger partial charge in [-0.05, 0) is 42.1 Å². The average molecular weight is 435 g/mol. The van der Waals surface area contributed by atoms with Crippen LogP contribution in [0.25, 0.3) is 17.4 Å². The number of nitrogens with zero attached hydrogens (tertiary/aromatic N) is 2. The van der Waals surface area contributed by atoms with Crippen molar-refractivity contribution in [2.24, 2.45) is 0 Å². The fourth-order valence-electron chi connectivity index (χ4n) is 2.31. The van der Waals surface area contributed by atoms with Crippen LogP contribution in [0.15, 0.2) is 49.3 Å². The zero-order chi connectivity index (χ0) is 21.0. The summed E-state index contributed by atoms with van der Waals surface area (Å²) < 4.78 is 15.7. The van der Waals surface area contributed by atoms with Crippen LogP contribution in [0, 0.1) is 0 Å². The second-order valence-electron chi connectivity index (χ2n) is 5.62. The Morgan fingerprint density at radius 3 is 2.69 bits per heavy atom. The van der Waals surface area contributed by atoms with Crippen molar-refractivity contribution >= 4 is 41.4 Å². The van der Waals surface area contributed by atoms with Crippen molar-refractivity contribution in [1.82, 2.24) is 10.2 Å². The number of hydrogen-bond donors (Lipinski definition) is 1. The maximum atomic E-state index is 11.8. The lowest BCUT2D eigenvalue weighted by Gasteiger charge is -2.04. The number of carboxylic acid groups (broad SMARTS) is 1. The molecule has 0 aliphatic carbocycles. The molecule has 0 saturated heterocycles. The molecule has 0 amide bonds. The third-order valence-corrected chi connectivity index (χ3v) is 4.90. The van der Waals surface area contributed by atoms with Crippen LogP contribution < -0.4 is 0 Å². The monoisotopic (exact) mass is 434 g/mol. The second kappa shape index (κ2) is 8.97. The third kappa shape index (κ3) is 4.87. The van der Waals surface area contributed by atoms with Crippen molar-refractivity contribution in [3.05, 3.63) is 57.5 Å². The van der Waals surface area contributed by atoms with Gasteiger partial charge in [0.2, 0.25) is 5.89 Å². The summed E-state index contributed by atoms with van der Waals surface area (Å²) in [5.74, 6) is -0.585. The third-order valence-electron chi connectivity index (χ3n) is 3.72. The first-order valence-corrected chi connectivity index (χ1v) is 9.54. The molecule has 10 heteroatoms. The molecule has 3 rings (SSSR count). The fourth-order valence-corrected chi connectivity index (χ4v) is 3.18. The van der Waals surface area contributed by atoms with Gasteiger partial charge in [0, 0.05) is 18.1 Å². The molecule has 1 aromatic carbocycles. The summed E-state index contributed by atoms with van der Waals surface area (Å²) in [6, 6.07) is 8.04. The Morgan fingerprint density at radius 2 is 2.03 bits per heavy atom. The number of esters is 1. The van der Waals surface area contributed by atoms with Gasteiger partial charge in [-0.3, -0.25) is 0 Å². The molecule has 2 heterocycles. The summed E-state index contributed by atoms with van der Waals surface area (Å²) in [6.45, 7) is 1.85. The second-order valence-corrected chi connectivity index (χ2v) is 7.02. The van der Waals surface area contributed by atoms with Gasteiger partial charge in [0.25, 0.3) is 5.22 Å².